The van der Waals surface area contributed by atoms with Gasteiger partial charge in [0.15, 0.2) is 0 Å². The summed E-state index contributed by atoms with van der Waals surface area (Å²) >= 11 is 0. The molecule has 4 heteroatoms. The molecule has 0 aromatic carbocycles. The molecule has 4 nitrogen and oxygen atoms in total. The second-order valence-electron chi connectivity index (χ2n) is 5.82. The van der Waals surface area contributed by atoms with Crippen LogP contribution in [0.4, 0.5) is 0 Å². The zero-order valence-electron chi connectivity index (χ0n) is 11.4. The van der Waals surface area contributed by atoms with Crippen molar-refractivity contribution in [2.24, 2.45) is 11.7 Å². The van der Waals surface area contributed by atoms with Crippen molar-refractivity contribution in [3.05, 3.63) is 0 Å². The minimum absolute atomic E-state index is 0.129. The molecule has 0 spiro atoms. The number of hydrogen-bond acceptors (Lipinski definition) is 3. The van der Waals surface area contributed by atoms with Gasteiger partial charge < -0.3 is 15.4 Å². The van der Waals surface area contributed by atoms with E-state index in [1.54, 1.807) is 0 Å². The Kier molecular flexibility index (Phi) is 5.01. The topological polar surface area (TPSA) is 55.6 Å². The van der Waals surface area contributed by atoms with E-state index in [4.69, 9.17) is 10.5 Å². The Bertz CT molecular complexity index is 277. The fraction of sp³-hybridized carbons (Fsp3) is 0.929. The number of amides is 1. The van der Waals surface area contributed by atoms with Gasteiger partial charge in [0, 0.05) is 19.1 Å². The van der Waals surface area contributed by atoms with Gasteiger partial charge in [0.2, 0.25) is 5.91 Å². The maximum Gasteiger partial charge on any atom is 0.248 e. The van der Waals surface area contributed by atoms with Crippen LogP contribution in [0.15, 0.2) is 0 Å². The van der Waals surface area contributed by atoms with E-state index >= 15 is 0 Å². The number of piperidine rings is 1. The number of carbonyl (C=O) groups is 1. The first-order chi connectivity index (χ1) is 8.70. The first-order valence-corrected chi connectivity index (χ1v) is 7.32. The van der Waals surface area contributed by atoms with E-state index in [2.05, 4.69) is 6.92 Å². The molecule has 2 atom stereocenters. The molecule has 1 saturated carbocycles. The fourth-order valence-corrected chi connectivity index (χ4v) is 3.13. The summed E-state index contributed by atoms with van der Waals surface area (Å²) in [5.41, 5.74) is 5.78. The molecule has 0 radical (unpaired) electrons. The Morgan fingerprint density at radius 2 is 2.06 bits per heavy atom. The molecule has 0 bridgehead atoms. The summed E-state index contributed by atoms with van der Waals surface area (Å²) in [6, 6.07) is 0.216. The first-order valence-electron chi connectivity index (χ1n) is 7.32. The van der Waals surface area contributed by atoms with Crippen molar-refractivity contribution in [3.8, 4) is 0 Å². The molecule has 104 valence electrons. The summed E-state index contributed by atoms with van der Waals surface area (Å²) < 4.78 is 5.71. The molecule has 1 aliphatic heterocycles. The quantitative estimate of drug-likeness (QED) is 0.828. The summed E-state index contributed by atoms with van der Waals surface area (Å²) in [5, 5.41) is 0. The highest BCUT2D eigenvalue weighted by molar-refractivity contribution is 5.78. The van der Waals surface area contributed by atoms with Gasteiger partial charge in [0.25, 0.3) is 0 Å². The van der Waals surface area contributed by atoms with Gasteiger partial charge in [-0.2, -0.15) is 0 Å². The van der Waals surface area contributed by atoms with Crippen molar-refractivity contribution < 1.29 is 9.53 Å². The molecular weight excluding hydrogens is 228 g/mol. The molecule has 2 fully saturated rings. The molecular formula is C14H26N2O2. The zero-order valence-corrected chi connectivity index (χ0v) is 11.4. The van der Waals surface area contributed by atoms with Crippen LogP contribution in [-0.2, 0) is 9.53 Å². The molecule has 2 rings (SSSR count). The maximum absolute atomic E-state index is 12.2. The van der Waals surface area contributed by atoms with Crippen molar-refractivity contribution in [1.82, 2.24) is 4.90 Å². The summed E-state index contributed by atoms with van der Waals surface area (Å²) in [7, 11) is 0. The molecule has 1 amide bonds. The van der Waals surface area contributed by atoms with Crippen LogP contribution >= 0.6 is 0 Å². The normalized spacial score (nSPS) is 29.8. The Morgan fingerprint density at radius 3 is 2.72 bits per heavy atom. The number of nitrogens with zero attached hydrogens (tertiary/aromatic N) is 1. The maximum atomic E-state index is 12.2. The van der Waals surface area contributed by atoms with Crippen LogP contribution < -0.4 is 5.73 Å². The number of nitrogens with two attached hydrogens (primary N) is 1. The standard InChI is InChI=1S/C14H26N2O2/c1-11-6-7-16(12(8-11)9-15)14(17)10-18-13-4-2-3-5-13/h11-13H,2-10,15H2,1H3. The van der Waals surface area contributed by atoms with Gasteiger partial charge in [-0.15, -0.1) is 0 Å². The van der Waals surface area contributed by atoms with Gasteiger partial charge in [-0.3, -0.25) is 4.79 Å². The summed E-state index contributed by atoms with van der Waals surface area (Å²) in [5.74, 6) is 0.808. The van der Waals surface area contributed by atoms with Gasteiger partial charge in [0.05, 0.1) is 6.10 Å². The lowest BCUT2D eigenvalue weighted by molar-refractivity contribution is -0.142. The Labute approximate surface area is 110 Å². The minimum Gasteiger partial charge on any atom is -0.368 e. The molecule has 2 N–H and O–H groups in total. The predicted octanol–water partition coefficient (Wildman–Crippen LogP) is 1.53. The third-order valence-corrected chi connectivity index (χ3v) is 4.32. The van der Waals surface area contributed by atoms with Crippen LogP contribution in [0.2, 0.25) is 0 Å². The molecule has 1 heterocycles. The molecule has 0 aromatic heterocycles. The number of hydrogen-bond donors (Lipinski definition) is 1. The number of rotatable bonds is 4. The lowest BCUT2D eigenvalue weighted by atomic mass is 9.92. The van der Waals surface area contributed by atoms with E-state index in [1.807, 2.05) is 4.90 Å². The average Bonchev–Trinajstić information content (AvgIpc) is 2.88. The van der Waals surface area contributed by atoms with Crippen LogP contribution in [0.1, 0.15) is 45.4 Å². The largest absolute Gasteiger partial charge is 0.368 e. The van der Waals surface area contributed by atoms with Crippen LogP contribution in [0, 0.1) is 5.92 Å². The van der Waals surface area contributed by atoms with Crippen LogP contribution in [0.5, 0.6) is 0 Å². The highest BCUT2D eigenvalue weighted by Gasteiger charge is 2.29. The number of likely N-dealkylation sites (tertiary alicyclic amines) is 1. The lowest BCUT2D eigenvalue weighted by Gasteiger charge is -2.38. The van der Waals surface area contributed by atoms with Crippen molar-refractivity contribution in [2.75, 3.05) is 19.7 Å². The third kappa shape index (κ3) is 3.45. The smallest absolute Gasteiger partial charge is 0.248 e. The van der Waals surface area contributed by atoms with Gasteiger partial charge in [0.1, 0.15) is 6.61 Å². The summed E-state index contributed by atoms with van der Waals surface area (Å²) in [4.78, 5) is 14.1. The average molecular weight is 254 g/mol. The monoisotopic (exact) mass is 254 g/mol. The minimum atomic E-state index is 0.129. The number of ether oxygens (including phenoxy) is 1. The molecule has 1 saturated heterocycles. The van der Waals surface area contributed by atoms with Gasteiger partial charge in [-0.05, 0) is 31.6 Å². The van der Waals surface area contributed by atoms with E-state index in [0.29, 0.717) is 18.6 Å². The third-order valence-electron chi connectivity index (χ3n) is 4.32. The van der Waals surface area contributed by atoms with Gasteiger partial charge in [-0.25, -0.2) is 0 Å². The molecule has 18 heavy (non-hydrogen) atoms. The van der Waals surface area contributed by atoms with Gasteiger partial charge in [-0.1, -0.05) is 19.8 Å². The summed E-state index contributed by atoms with van der Waals surface area (Å²) in [6.45, 7) is 3.89. The number of carbonyl (C=O) groups excluding carboxylic acids is 1. The Morgan fingerprint density at radius 1 is 1.33 bits per heavy atom. The molecule has 2 unspecified atom stereocenters. The van der Waals surface area contributed by atoms with Crippen molar-refractivity contribution in [3.63, 3.8) is 0 Å². The second-order valence-corrected chi connectivity index (χ2v) is 5.82. The highest BCUT2D eigenvalue weighted by Crippen LogP contribution is 2.23. The van der Waals surface area contributed by atoms with E-state index in [9.17, 15) is 4.79 Å². The van der Waals surface area contributed by atoms with Crippen molar-refractivity contribution >= 4 is 5.91 Å². The Hall–Kier alpha value is -0.610. The van der Waals surface area contributed by atoms with Crippen LogP contribution in [-0.4, -0.2) is 42.6 Å². The van der Waals surface area contributed by atoms with E-state index in [0.717, 1.165) is 32.2 Å². The molecule has 2 aliphatic rings. The highest BCUT2D eigenvalue weighted by atomic mass is 16.5. The molecule has 1 aliphatic carbocycles. The van der Waals surface area contributed by atoms with Crippen LogP contribution in [0.25, 0.3) is 0 Å². The van der Waals surface area contributed by atoms with Crippen molar-refractivity contribution in [2.45, 2.75) is 57.6 Å². The second kappa shape index (κ2) is 6.53. The van der Waals surface area contributed by atoms with E-state index < -0.39 is 0 Å². The SMILES string of the molecule is CC1CCN(C(=O)COC2CCCC2)C(CN)C1. The molecule has 0 aromatic rings. The predicted molar refractivity (Wildman–Crippen MR) is 71.2 cm³/mol. The van der Waals surface area contributed by atoms with Crippen LogP contribution in [0.3, 0.4) is 0 Å². The lowest BCUT2D eigenvalue weighted by Crippen LogP contribution is -2.50. The van der Waals surface area contributed by atoms with E-state index in [1.165, 1.54) is 12.8 Å². The zero-order chi connectivity index (χ0) is 13.0. The van der Waals surface area contributed by atoms with Crippen molar-refractivity contribution in [1.29, 1.82) is 0 Å². The first kappa shape index (κ1) is 13.8. The van der Waals surface area contributed by atoms with Gasteiger partial charge >= 0.3 is 0 Å². The van der Waals surface area contributed by atoms with E-state index in [-0.39, 0.29) is 18.6 Å². The fourth-order valence-electron chi connectivity index (χ4n) is 3.13. The summed E-state index contributed by atoms with van der Waals surface area (Å²) in [6.07, 6.45) is 7.15. The Balaban J connectivity index is 1.79.